The van der Waals surface area contributed by atoms with Crippen LogP contribution in [0.4, 0.5) is 0 Å². The van der Waals surface area contributed by atoms with Crippen molar-refractivity contribution in [3.8, 4) is 0 Å². The number of carboxylic acid groups (broad SMARTS) is 1. The second kappa shape index (κ2) is 118. The van der Waals surface area contributed by atoms with Crippen LogP contribution < -0.4 is 0 Å². The van der Waals surface area contributed by atoms with Gasteiger partial charge in [-0.3, -0.25) is 4.79 Å². The predicted octanol–water partition coefficient (Wildman–Crippen LogP) is 24.2. The monoisotopic (exact) mass is 863 g/mol. The first kappa shape index (κ1) is 83.1. The van der Waals surface area contributed by atoms with Crippen molar-refractivity contribution in [3.05, 3.63) is 0 Å². The van der Waals surface area contributed by atoms with E-state index in [9.17, 15) is 4.79 Å². The summed E-state index contributed by atoms with van der Waals surface area (Å²) in [7, 11) is 0. The lowest BCUT2D eigenvalue weighted by Gasteiger charge is -1.86. The second-order valence-electron chi connectivity index (χ2n) is 16.5. The van der Waals surface area contributed by atoms with E-state index in [2.05, 4.69) is 125 Å². The van der Waals surface area contributed by atoms with Gasteiger partial charge in [0.05, 0.1) is 0 Å². The minimum Gasteiger partial charge on any atom is -0.481 e. The molecule has 0 spiro atoms. The Morgan fingerprint density at radius 1 is 0.200 bits per heavy atom. The molecule has 0 amide bonds. The zero-order chi connectivity index (χ0) is 48.4. The van der Waals surface area contributed by atoms with Crippen molar-refractivity contribution in [2.75, 3.05) is 0 Å². The molecule has 0 unspecified atom stereocenters. The van der Waals surface area contributed by atoms with Crippen LogP contribution in [0.2, 0.25) is 0 Å². The molecule has 1 N–H and O–H groups in total. The fourth-order valence-electron chi connectivity index (χ4n) is 4.71. The van der Waals surface area contributed by atoms with Crippen LogP contribution in [0.3, 0.4) is 0 Å². The Hall–Kier alpha value is -0.530. The normalized spacial score (nSPS) is 8.92. The van der Waals surface area contributed by atoms with Crippen LogP contribution in [-0.4, -0.2) is 11.1 Å². The molecule has 60 heavy (non-hydrogen) atoms. The average Bonchev–Trinajstić information content (AvgIpc) is 3.27. The number of unbranched alkanes of at least 4 members (excludes halogenated alkanes) is 27. The molecule has 0 rings (SSSR count). The Kier molecular flexibility index (Phi) is 163. The standard InChI is InChI=1S/9C6H14.C4H8O2/c9*1-3-5-6-4-2;1-2-3-4(5)6/h9*3-6H2,1-2H3;2-3H2,1H3,(H,5,6). The molecular formula is C58H134O2. The zero-order valence-electron chi connectivity index (χ0n) is 47.2. The van der Waals surface area contributed by atoms with Gasteiger partial charge in [0.15, 0.2) is 0 Å². The summed E-state index contributed by atoms with van der Waals surface area (Å²) in [6, 6.07) is 0. The molecule has 0 fully saturated rings. The first-order valence-corrected chi connectivity index (χ1v) is 28.2. The zero-order valence-corrected chi connectivity index (χ0v) is 47.2. The highest BCUT2D eigenvalue weighted by molar-refractivity contribution is 5.66. The lowest BCUT2D eigenvalue weighted by Crippen LogP contribution is -1.90. The van der Waals surface area contributed by atoms with E-state index in [1.54, 1.807) is 0 Å². The lowest BCUT2D eigenvalue weighted by molar-refractivity contribution is -0.137. The Labute approximate surface area is 390 Å². The molecule has 2 heteroatoms. The third-order valence-electron chi connectivity index (χ3n) is 9.08. The fourth-order valence-corrected chi connectivity index (χ4v) is 4.71. The summed E-state index contributed by atoms with van der Waals surface area (Å²) in [6.45, 7) is 42.0. The number of hydrogen-bond donors (Lipinski definition) is 1. The van der Waals surface area contributed by atoms with E-state index in [1.165, 1.54) is 231 Å². The van der Waals surface area contributed by atoms with Gasteiger partial charge in [-0.05, 0) is 6.42 Å². The number of aliphatic carboxylic acids is 1. The van der Waals surface area contributed by atoms with E-state index in [1.807, 2.05) is 6.92 Å². The number of hydrogen-bond acceptors (Lipinski definition) is 1. The van der Waals surface area contributed by atoms with Gasteiger partial charge in [-0.1, -0.05) is 363 Å². The van der Waals surface area contributed by atoms with Gasteiger partial charge in [-0.25, -0.2) is 0 Å². The van der Waals surface area contributed by atoms with Crippen LogP contribution in [0.25, 0.3) is 0 Å². The molecule has 0 aromatic heterocycles. The Bertz CT molecular complexity index is 339. The van der Waals surface area contributed by atoms with E-state index >= 15 is 0 Å². The van der Waals surface area contributed by atoms with Crippen molar-refractivity contribution in [1.29, 1.82) is 0 Å². The second-order valence-corrected chi connectivity index (χ2v) is 16.5. The molecule has 0 bridgehead atoms. The maximum Gasteiger partial charge on any atom is 0.303 e. The Morgan fingerprint density at radius 3 is 0.300 bits per heavy atom. The van der Waals surface area contributed by atoms with Crippen LogP contribution in [0.1, 0.15) is 376 Å². The van der Waals surface area contributed by atoms with Crippen molar-refractivity contribution in [3.63, 3.8) is 0 Å². The molecule has 0 aromatic rings. The summed E-state index contributed by atoms with van der Waals surface area (Å²) < 4.78 is 0. The molecule has 0 aliphatic heterocycles. The minimum absolute atomic E-state index is 0.292. The van der Waals surface area contributed by atoms with Gasteiger partial charge in [-0.15, -0.1) is 0 Å². The third kappa shape index (κ3) is 211. The quantitative estimate of drug-likeness (QED) is 0.0761. The highest BCUT2D eigenvalue weighted by Gasteiger charge is 1.87. The molecule has 0 atom stereocenters. The maximum atomic E-state index is 9.60. The summed E-state index contributed by atoms with van der Waals surface area (Å²) in [5.74, 6) is -0.711. The molecule has 0 saturated heterocycles. The third-order valence-corrected chi connectivity index (χ3v) is 9.08. The van der Waals surface area contributed by atoms with Crippen molar-refractivity contribution in [1.82, 2.24) is 0 Å². The molecule has 0 heterocycles. The highest BCUT2D eigenvalue weighted by Crippen LogP contribution is 1.99. The van der Waals surface area contributed by atoms with Crippen molar-refractivity contribution in [2.24, 2.45) is 0 Å². The van der Waals surface area contributed by atoms with Crippen LogP contribution in [0, 0.1) is 0 Å². The van der Waals surface area contributed by atoms with E-state index in [0.717, 1.165) is 6.42 Å². The number of rotatable bonds is 29. The van der Waals surface area contributed by atoms with Gasteiger partial charge in [0.2, 0.25) is 0 Å². The molecule has 378 valence electrons. The van der Waals surface area contributed by atoms with E-state index in [0.29, 0.717) is 6.42 Å². The van der Waals surface area contributed by atoms with Crippen LogP contribution >= 0.6 is 0 Å². The van der Waals surface area contributed by atoms with E-state index in [-0.39, 0.29) is 0 Å². The number of carbonyl (C=O) groups is 1. The molecule has 0 aromatic carbocycles. The maximum absolute atomic E-state index is 9.60. The topological polar surface area (TPSA) is 37.3 Å². The largest absolute Gasteiger partial charge is 0.481 e. The SMILES string of the molecule is CCCC(=O)O.CCCCCC.CCCCCC.CCCCCC.CCCCCC.CCCCCC.CCCCCC.CCCCCC.CCCCCC.CCCCCC. The van der Waals surface area contributed by atoms with E-state index in [4.69, 9.17) is 5.11 Å². The van der Waals surface area contributed by atoms with Gasteiger partial charge in [-0.2, -0.15) is 0 Å². The molecule has 0 radical (unpaired) electrons. The van der Waals surface area contributed by atoms with Crippen molar-refractivity contribution < 1.29 is 9.90 Å². The molecule has 0 aliphatic rings. The summed E-state index contributed by atoms with van der Waals surface area (Å²) in [4.78, 5) is 9.60. The van der Waals surface area contributed by atoms with Crippen LogP contribution in [0.5, 0.6) is 0 Å². The first-order chi connectivity index (χ1) is 29.0. The van der Waals surface area contributed by atoms with Gasteiger partial charge >= 0.3 is 5.97 Å². The van der Waals surface area contributed by atoms with E-state index < -0.39 is 5.97 Å². The molecule has 0 aliphatic carbocycles. The molecule has 2 nitrogen and oxygen atoms in total. The lowest BCUT2D eigenvalue weighted by atomic mass is 10.2. The summed E-state index contributed by atoms with van der Waals surface area (Å²) in [5, 5.41) is 7.91. The summed E-state index contributed by atoms with van der Waals surface area (Å²) >= 11 is 0. The molecule has 0 saturated carbocycles. The minimum atomic E-state index is -0.711. The smallest absolute Gasteiger partial charge is 0.303 e. The van der Waals surface area contributed by atoms with Gasteiger partial charge in [0, 0.05) is 6.42 Å². The van der Waals surface area contributed by atoms with Crippen molar-refractivity contribution in [2.45, 2.75) is 376 Å². The summed E-state index contributed by atoms with van der Waals surface area (Å²) in [5.41, 5.74) is 0. The molecular weight excluding hydrogens is 729 g/mol. The highest BCUT2D eigenvalue weighted by atomic mass is 16.4. The summed E-state index contributed by atoms with van der Waals surface area (Å²) in [6.07, 6.45) is 50.9. The van der Waals surface area contributed by atoms with Gasteiger partial charge in [0.1, 0.15) is 0 Å². The van der Waals surface area contributed by atoms with Gasteiger partial charge in [0.25, 0.3) is 0 Å². The average molecular weight is 864 g/mol. The first-order valence-electron chi connectivity index (χ1n) is 28.2. The Balaban J connectivity index is -0.0000000579. The fraction of sp³-hybridized carbons (Fsp3) is 0.983. The predicted molar refractivity (Wildman–Crippen MR) is 291 cm³/mol. The number of carboxylic acids is 1. The Morgan fingerprint density at radius 2 is 0.283 bits per heavy atom. The van der Waals surface area contributed by atoms with Crippen LogP contribution in [-0.2, 0) is 4.79 Å². The van der Waals surface area contributed by atoms with Gasteiger partial charge < -0.3 is 5.11 Å². The van der Waals surface area contributed by atoms with Crippen LogP contribution in [0.15, 0.2) is 0 Å². The van der Waals surface area contributed by atoms with Crippen molar-refractivity contribution >= 4 is 5.97 Å².